The van der Waals surface area contributed by atoms with Gasteiger partial charge in [-0.05, 0) is 30.7 Å². The maximum Gasteiger partial charge on any atom is 0.290 e. The van der Waals surface area contributed by atoms with Crippen LogP contribution >= 0.6 is 34.5 Å². The largest absolute Gasteiger partial charge is 0.496 e. The van der Waals surface area contributed by atoms with Crippen LogP contribution in [0.5, 0.6) is 5.75 Å². The van der Waals surface area contributed by atoms with Crippen molar-refractivity contribution in [3.63, 3.8) is 0 Å². The zero-order valence-electron chi connectivity index (χ0n) is 22.6. The number of aliphatic hydroxyl groups is 1. The van der Waals surface area contributed by atoms with Crippen LogP contribution in [0, 0.1) is 0 Å². The van der Waals surface area contributed by atoms with E-state index in [0.717, 1.165) is 0 Å². The average Bonchev–Trinajstić information content (AvgIpc) is 3.68. The van der Waals surface area contributed by atoms with Crippen LogP contribution in [0.1, 0.15) is 17.5 Å². The molecule has 1 fully saturated rings. The number of amides is 2. The number of hydrogen-bond acceptors (Lipinski definition) is 9. The summed E-state index contributed by atoms with van der Waals surface area (Å²) in [7, 11) is -0.120. The van der Waals surface area contributed by atoms with Crippen molar-refractivity contribution in [3.05, 3.63) is 75.3 Å². The van der Waals surface area contributed by atoms with Gasteiger partial charge in [0.2, 0.25) is 10.9 Å². The number of imidazole rings is 1. The molecule has 0 spiro atoms. The van der Waals surface area contributed by atoms with Crippen molar-refractivity contribution in [3.8, 4) is 5.75 Å². The van der Waals surface area contributed by atoms with Gasteiger partial charge in [-0.3, -0.25) is 18.9 Å². The second-order valence-electron chi connectivity index (χ2n) is 10.2. The van der Waals surface area contributed by atoms with Gasteiger partial charge < -0.3 is 14.7 Å². The summed E-state index contributed by atoms with van der Waals surface area (Å²) >= 11 is 14.1. The van der Waals surface area contributed by atoms with Crippen LogP contribution in [0.2, 0.25) is 10.2 Å². The van der Waals surface area contributed by atoms with Crippen LogP contribution in [-0.4, -0.2) is 84.4 Å². The molecule has 3 atom stereocenters. The van der Waals surface area contributed by atoms with Gasteiger partial charge in [0.1, 0.15) is 5.75 Å². The van der Waals surface area contributed by atoms with Gasteiger partial charge in [-0.2, -0.15) is 12.7 Å². The molecule has 2 aliphatic heterocycles. The van der Waals surface area contributed by atoms with Gasteiger partial charge in [-0.1, -0.05) is 41.4 Å². The molecule has 0 saturated carbocycles. The number of sulfonamides is 1. The molecule has 15 heteroatoms. The first-order valence-corrected chi connectivity index (χ1v) is 15.8. The third-order valence-corrected chi connectivity index (χ3v) is 10.7. The predicted molar refractivity (Wildman–Crippen MR) is 158 cm³/mol. The Hall–Kier alpha value is -3.20. The summed E-state index contributed by atoms with van der Waals surface area (Å²) in [6.45, 7) is -0.115. The Labute approximate surface area is 255 Å². The highest BCUT2D eigenvalue weighted by atomic mass is 35.5. The summed E-state index contributed by atoms with van der Waals surface area (Å²) in [5, 5.41) is 12.1. The molecule has 0 radical (unpaired) electrons. The van der Waals surface area contributed by atoms with E-state index in [0.29, 0.717) is 9.27 Å². The lowest BCUT2D eigenvalue weighted by atomic mass is 9.80. The number of likely N-dealkylation sites (N-methyl/N-ethyl adjacent to an activating group) is 1. The third-order valence-electron chi connectivity index (χ3n) is 7.66. The van der Waals surface area contributed by atoms with Gasteiger partial charge in [-0.15, -0.1) is 11.3 Å². The lowest BCUT2D eigenvalue weighted by molar-refractivity contribution is -0.138. The molecule has 0 bridgehead atoms. The fraction of sp³-hybridized carbons (Fsp3) is 0.296. The molecule has 2 aromatic heterocycles. The Morgan fingerprint density at radius 3 is 2.64 bits per heavy atom. The van der Waals surface area contributed by atoms with Gasteiger partial charge in [0.05, 0.1) is 24.9 Å². The number of fused-ring (bicyclic) bond motifs is 2. The summed E-state index contributed by atoms with van der Waals surface area (Å²) in [6.07, 6.45) is 0.542. The van der Waals surface area contributed by atoms with Crippen LogP contribution in [0.3, 0.4) is 0 Å². The first-order valence-electron chi connectivity index (χ1n) is 12.7. The van der Waals surface area contributed by atoms with E-state index in [-0.39, 0.29) is 56.6 Å². The number of β-amino-alcohol motifs (C(OH)–C–C–N with tert-alkyl or cyclic N) is 1. The molecule has 11 nitrogen and oxygen atoms in total. The minimum absolute atomic E-state index is 0.0216. The van der Waals surface area contributed by atoms with Crippen molar-refractivity contribution in [1.82, 2.24) is 19.2 Å². The van der Waals surface area contributed by atoms with Crippen molar-refractivity contribution >= 4 is 67.0 Å². The number of halogens is 2. The van der Waals surface area contributed by atoms with Gasteiger partial charge >= 0.3 is 0 Å². The highest BCUT2D eigenvalue weighted by molar-refractivity contribution is 7.93. The topological polar surface area (TPSA) is 125 Å². The fourth-order valence-corrected chi connectivity index (χ4v) is 9.05. The van der Waals surface area contributed by atoms with Gasteiger partial charge in [0, 0.05) is 48.4 Å². The Bertz CT molecular complexity index is 1860. The van der Waals surface area contributed by atoms with Crippen LogP contribution < -0.4 is 9.04 Å². The first-order chi connectivity index (χ1) is 19.9. The summed E-state index contributed by atoms with van der Waals surface area (Å²) in [6, 6.07) is 10.1. The number of hydrogen-bond donors (Lipinski definition) is 1. The number of nitrogens with zero attached hydrogens (tertiary/aromatic N) is 5. The van der Waals surface area contributed by atoms with Crippen LogP contribution in [0.25, 0.3) is 4.96 Å². The highest BCUT2D eigenvalue weighted by Crippen LogP contribution is 2.55. The molecule has 0 aliphatic carbocycles. The number of rotatable bonds is 6. The molecule has 4 heterocycles. The number of aromatic nitrogens is 2. The molecule has 1 N–H and O–H groups in total. The Kier molecular flexibility index (Phi) is 7.03. The van der Waals surface area contributed by atoms with Crippen molar-refractivity contribution in [1.29, 1.82) is 0 Å². The lowest BCUT2D eigenvalue weighted by Crippen LogP contribution is -2.59. The molecule has 1 saturated heterocycles. The van der Waals surface area contributed by atoms with Crippen molar-refractivity contribution in [2.45, 2.75) is 29.1 Å². The SMILES string of the molecule is COc1ccccc1C1(N2C[C@H](O)C[C@H]2C(=O)N(C)C)C(=O)N(S(=O)(=O)c2c(Cl)nc3sccn23)c2ccc(Cl)cc21. The number of benzene rings is 2. The van der Waals surface area contributed by atoms with Crippen LogP contribution in [0.4, 0.5) is 5.69 Å². The molecule has 2 aromatic carbocycles. The summed E-state index contributed by atoms with van der Waals surface area (Å²) in [5.41, 5.74) is -1.43. The minimum Gasteiger partial charge on any atom is -0.496 e. The summed E-state index contributed by atoms with van der Waals surface area (Å²) < 4.78 is 36.7. The quantitative estimate of drug-likeness (QED) is 0.338. The standard InChI is InChI=1S/C27H25Cl2N5O6S2/c1-31(2)23(36)20-13-16(35)14-33(20)27(17-6-4-5-7-21(17)40-3)18-12-15(28)8-9-19(18)34(25(27)37)42(38,39)24-22(29)30-26-32(24)10-11-41-26/h4-12,16,20,35H,13-14H2,1-3H3/t16-,20+,27?/m1/s1. The summed E-state index contributed by atoms with van der Waals surface area (Å²) in [5.74, 6) is -0.996. The number of ether oxygens (including phenoxy) is 1. The number of anilines is 1. The van der Waals surface area contributed by atoms with Crippen molar-refractivity contribution in [2.75, 3.05) is 32.1 Å². The number of thiazole rings is 1. The first kappa shape index (κ1) is 28.9. The van der Waals surface area contributed by atoms with E-state index < -0.39 is 33.6 Å². The van der Waals surface area contributed by atoms with Crippen LogP contribution in [-0.2, 0) is 25.2 Å². The number of carbonyl (C=O) groups excluding carboxylic acids is 2. The molecule has 2 amide bonds. The maximum atomic E-state index is 15.2. The van der Waals surface area contributed by atoms with E-state index in [2.05, 4.69) is 4.98 Å². The summed E-state index contributed by atoms with van der Waals surface area (Å²) in [4.78, 5) is 36.1. The number of methoxy groups -OCH3 is 1. The zero-order chi connectivity index (χ0) is 30.1. The van der Waals surface area contributed by atoms with Gasteiger partial charge in [0.15, 0.2) is 15.7 Å². The third kappa shape index (κ3) is 3.98. The van der Waals surface area contributed by atoms with Crippen molar-refractivity contribution in [2.24, 2.45) is 0 Å². The highest BCUT2D eigenvalue weighted by Gasteiger charge is 2.64. The molecule has 2 aliphatic rings. The molecule has 4 aromatic rings. The van der Waals surface area contributed by atoms with Gasteiger partial charge in [0.25, 0.3) is 15.9 Å². The van der Waals surface area contributed by atoms with E-state index in [1.165, 1.54) is 52.1 Å². The number of aliphatic hydroxyl groups excluding tert-OH is 1. The normalized spacial score (nSPS) is 22.6. The van der Waals surface area contributed by atoms with E-state index >= 15 is 4.79 Å². The molecule has 6 rings (SSSR count). The number of likely N-dealkylation sites (tertiary alicyclic amines) is 1. The van der Waals surface area contributed by atoms with Gasteiger partial charge in [-0.25, -0.2) is 4.98 Å². The second-order valence-corrected chi connectivity index (χ2v) is 13.6. The van der Waals surface area contributed by atoms with E-state index in [9.17, 15) is 18.3 Å². The van der Waals surface area contributed by atoms with E-state index in [1.807, 2.05) is 0 Å². The minimum atomic E-state index is -4.70. The molecule has 220 valence electrons. The van der Waals surface area contributed by atoms with E-state index in [4.69, 9.17) is 27.9 Å². The second kappa shape index (κ2) is 10.2. The maximum absolute atomic E-state index is 15.2. The monoisotopic (exact) mass is 649 g/mol. The Balaban J connectivity index is 1.70. The molecule has 42 heavy (non-hydrogen) atoms. The zero-order valence-corrected chi connectivity index (χ0v) is 25.7. The molecular weight excluding hydrogens is 625 g/mol. The molecule has 1 unspecified atom stereocenters. The van der Waals surface area contributed by atoms with E-state index in [1.54, 1.807) is 48.6 Å². The number of carbonyl (C=O) groups is 2. The Morgan fingerprint density at radius 2 is 1.93 bits per heavy atom. The lowest BCUT2D eigenvalue weighted by Gasteiger charge is -2.42. The fourth-order valence-electron chi connectivity index (χ4n) is 5.99. The number of para-hydroxylation sites is 1. The average molecular weight is 651 g/mol. The Morgan fingerprint density at radius 1 is 1.19 bits per heavy atom. The van der Waals surface area contributed by atoms with Crippen LogP contribution in [0.15, 0.2) is 59.1 Å². The van der Waals surface area contributed by atoms with Crippen molar-refractivity contribution < 1.29 is 27.9 Å². The predicted octanol–water partition coefficient (Wildman–Crippen LogP) is 3.21. The molecular formula is C27H25Cl2N5O6S2. The smallest absolute Gasteiger partial charge is 0.290 e.